The maximum Gasteiger partial charge on any atom is 0.230 e. The molecule has 6 nitrogen and oxygen atoms in total. The fourth-order valence-corrected chi connectivity index (χ4v) is 4.86. The lowest BCUT2D eigenvalue weighted by Gasteiger charge is -2.33. The van der Waals surface area contributed by atoms with Crippen LogP contribution in [0.4, 0.5) is 0 Å². The van der Waals surface area contributed by atoms with Gasteiger partial charge >= 0.3 is 0 Å². The second-order valence-corrected chi connectivity index (χ2v) is 9.45. The molecule has 1 amide bonds. The Balaban J connectivity index is 1.13. The zero-order valence-electron chi connectivity index (χ0n) is 18.1. The Hall–Kier alpha value is -2.48. The first kappa shape index (κ1) is 21.4. The van der Waals surface area contributed by atoms with Crippen LogP contribution in [0.3, 0.4) is 0 Å². The van der Waals surface area contributed by atoms with Crippen LogP contribution in [0.25, 0.3) is 10.9 Å². The van der Waals surface area contributed by atoms with Crippen LogP contribution in [0, 0.1) is 0 Å². The molecule has 0 spiro atoms. The molecule has 2 aromatic carbocycles. The summed E-state index contributed by atoms with van der Waals surface area (Å²) >= 11 is 1.49. The maximum absolute atomic E-state index is 12.6. The molecule has 2 fully saturated rings. The number of amides is 1. The molecular formula is C25H28N4O2S. The quantitative estimate of drug-likeness (QED) is 0.419. The molecule has 1 N–H and O–H groups in total. The maximum atomic E-state index is 12.6. The zero-order chi connectivity index (χ0) is 21.8. The van der Waals surface area contributed by atoms with E-state index < -0.39 is 0 Å². The van der Waals surface area contributed by atoms with Crippen molar-refractivity contribution in [3.63, 3.8) is 0 Å². The number of benzene rings is 2. The van der Waals surface area contributed by atoms with Gasteiger partial charge in [-0.15, -0.1) is 0 Å². The van der Waals surface area contributed by atoms with E-state index in [1.54, 1.807) is 0 Å². The predicted octanol–water partition coefficient (Wildman–Crippen LogP) is 3.62. The number of fused-ring (bicyclic) bond motifs is 1. The zero-order valence-corrected chi connectivity index (χ0v) is 18.9. The molecule has 2 aliphatic rings. The van der Waals surface area contributed by atoms with Gasteiger partial charge < -0.3 is 10.1 Å². The van der Waals surface area contributed by atoms with Crippen LogP contribution in [0.1, 0.15) is 30.1 Å². The summed E-state index contributed by atoms with van der Waals surface area (Å²) in [5.74, 6) is 1.75. The fourth-order valence-electron chi connectivity index (χ4n) is 4.00. The minimum atomic E-state index is 0.00875. The van der Waals surface area contributed by atoms with Crippen molar-refractivity contribution in [3.8, 4) is 0 Å². The number of rotatable bonds is 8. The van der Waals surface area contributed by atoms with Crippen LogP contribution >= 0.6 is 11.8 Å². The van der Waals surface area contributed by atoms with Crippen molar-refractivity contribution in [1.29, 1.82) is 0 Å². The van der Waals surface area contributed by atoms with Crippen molar-refractivity contribution in [3.05, 3.63) is 66.0 Å². The number of aromatic nitrogens is 2. The number of thioether (sulfide) groups is 1. The number of para-hydroxylation sites is 1. The number of carbonyl (C=O) groups excluding carboxylic acids is 1. The molecule has 0 radical (unpaired) electrons. The molecule has 1 saturated carbocycles. The third-order valence-corrected chi connectivity index (χ3v) is 6.86. The van der Waals surface area contributed by atoms with E-state index in [0.717, 1.165) is 54.2 Å². The van der Waals surface area contributed by atoms with E-state index in [1.807, 2.05) is 30.3 Å². The lowest BCUT2D eigenvalue weighted by molar-refractivity contribution is -0.119. The van der Waals surface area contributed by atoms with Crippen molar-refractivity contribution in [2.24, 2.45) is 0 Å². The molecule has 1 aliphatic heterocycles. The van der Waals surface area contributed by atoms with E-state index >= 15 is 0 Å². The number of nitrogens with zero attached hydrogens (tertiary/aromatic N) is 3. The molecule has 5 rings (SSSR count). The number of hydrogen-bond donors (Lipinski definition) is 1. The Kier molecular flexibility index (Phi) is 6.67. The second-order valence-electron chi connectivity index (χ2n) is 8.48. The van der Waals surface area contributed by atoms with E-state index in [0.29, 0.717) is 24.8 Å². The van der Waals surface area contributed by atoms with Crippen LogP contribution < -0.4 is 5.32 Å². The SMILES string of the molecule is O=C(CSc1nc(C2CC2)nc2ccccc12)NCC1CN(Cc2ccccc2)CCO1. The molecule has 1 atom stereocenters. The molecule has 2 heterocycles. The summed E-state index contributed by atoms with van der Waals surface area (Å²) in [5.41, 5.74) is 2.26. The average Bonchev–Trinajstić information content (AvgIpc) is 3.68. The first-order chi connectivity index (χ1) is 15.7. The van der Waals surface area contributed by atoms with Gasteiger partial charge in [-0.3, -0.25) is 9.69 Å². The summed E-state index contributed by atoms with van der Waals surface area (Å²) in [7, 11) is 0. The van der Waals surface area contributed by atoms with Crippen molar-refractivity contribution < 1.29 is 9.53 Å². The van der Waals surface area contributed by atoms with Crippen molar-refractivity contribution >= 4 is 28.6 Å². The Morgan fingerprint density at radius 3 is 2.75 bits per heavy atom. The summed E-state index contributed by atoms with van der Waals surface area (Å²) in [4.78, 5) is 24.4. The number of morpholine rings is 1. The molecule has 1 aromatic heterocycles. The van der Waals surface area contributed by atoms with Crippen LogP contribution in [-0.2, 0) is 16.1 Å². The normalized spacial score (nSPS) is 19.2. The molecule has 1 aliphatic carbocycles. The van der Waals surface area contributed by atoms with Crippen molar-refractivity contribution in [1.82, 2.24) is 20.2 Å². The fraction of sp³-hybridized carbons (Fsp3) is 0.400. The molecular weight excluding hydrogens is 420 g/mol. The van der Waals surface area contributed by atoms with Gasteiger partial charge in [0, 0.05) is 37.5 Å². The first-order valence-electron chi connectivity index (χ1n) is 11.3. The molecule has 0 bridgehead atoms. The van der Waals surface area contributed by atoms with Gasteiger partial charge in [0.1, 0.15) is 10.9 Å². The topological polar surface area (TPSA) is 67.4 Å². The van der Waals surface area contributed by atoms with E-state index in [4.69, 9.17) is 14.7 Å². The van der Waals surface area contributed by atoms with Gasteiger partial charge in [0.25, 0.3) is 0 Å². The minimum Gasteiger partial charge on any atom is -0.374 e. The third kappa shape index (κ3) is 5.46. The standard InChI is InChI=1S/C25H28N4O2S/c30-23(26-14-20-16-29(12-13-31-20)15-18-6-2-1-3-7-18)17-32-25-21-8-4-5-9-22(21)27-24(28-25)19-10-11-19/h1-9,19-20H,10-17H2,(H,26,30). The van der Waals surface area contributed by atoms with E-state index in [-0.39, 0.29) is 12.0 Å². The highest BCUT2D eigenvalue weighted by atomic mass is 32.2. The lowest BCUT2D eigenvalue weighted by atomic mass is 10.2. The Bertz CT molecular complexity index is 1070. The second kappa shape index (κ2) is 9.98. The Morgan fingerprint density at radius 2 is 1.91 bits per heavy atom. The summed E-state index contributed by atoms with van der Waals surface area (Å²) < 4.78 is 5.88. The molecule has 1 saturated heterocycles. The third-order valence-electron chi connectivity index (χ3n) is 5.87. The lowest BCUT2D eigenvalue weighted by Crippen LogP contribution is -2.47. The first-order valence-corrected chi connectivity index (χ1v) is 12.3. The van der Waals surface area contributed by atoms with Crippen LogP contribution in [0.2, 0.25) is 0 Å². The van der Waals surface area contributed by atoms with Gasteiger partial charge in [-0.05, 0) is 24.5 Å². The van der Waals surface area contributed by atoms with Gasteiger partial charge in [0.2, 0.25) is 5.91 Å². The number of nitrogens with one attached hydrogen (secondary N) is 1. The largest absolute Gasteiger partial charge is 0.374 e. The van der Waals surface area contributed by atoms with E-state index in [9.17, 15) is 4.79 Å². The van der Waals surface area contributed by atoms with Gasteiger partial charge in [-0.2, -0.15) is 0 Å². The summed E-state index contributed by atoms with van der Waals surface area (Å²) in [5, 5.41) is 4.96. The van der Waals surface area contributed by atoms with Crippen LogP contribution in [0.15, 0.2) is 59.6 Å². The van der Waals surface area contributed by atoms with Crippen molar-refractivity contribution in [2.75, 3.05) is 32.0 Å². The van der Waals surface area contributed by atoms with Crippen molar-refractivity contribution in [2.45, 2.75) is 36.4 Å². The highest BCUT2D eigenvalue weighted by Gasteiger charge is 2.27. The Labute approximate surface area is 192 Å². The van der Waals surface area contributed by atoms with Gasteiger partial charge in [-0.25, -0.2) is 9.97 Å². The Morgan fingerprint density at radius 1 is 1.09 bits per heavy atom. The highest BCUT2D eigenvalue weighted by molar-refractivity contribution is 8.00. The number of hydrogen-bond acceptors (Lipinski definition) is 6. The smallest absolute Gasteiger partial charge is 0.230 e. The molecule has 32 heavy (non-hydrogen) atoms. The molecule has 3 aromatic rings. The number of ether oxygens (including phenoxy) is 1. The molecule has 7 heteroatoms. The average molecular weight is 449 g/mol. The summed E-state index contributed by atoms with van der Waals surface area (Å²) in [6.45, 7) is 3.87. The summed E-state index contributed by atoms with van der Waals surface area (Å²) in [6, 6.07) is 18.5. The van der Waals surface area contributed by atoms with Crippen LogP contribution in [0.5, 0.6) is 0 Å². The minimum absolute atomic E-state index is 0.00875. The molecule has 1 unspecified atom stereocenters. The van der Waals surface area contributed by atoms with Crippen LogP contribution in [-0.4, -0.2) is 58.9 Å². The van der Waals surface area contributed by atoms with Gasteiger partial charge in [0.05, 0.1) is 24.0 Å². The van der Waals surface area contributed by atoms with E-state index in [2.05, 4.69) is 34.5 Å². The predicted molar refractivity (Wildman–Crippen MR) is 127 cm³/mol. The summed E-state index contributed by atoms with van der Waals surface area (Å²) in [6.07, 6.45) is 2.33. The monoisotopic (exact) mass is 448 g/mol. The van der Waals surface area contributed by atoms with Gasteiger partial charge in [0.15, 0.2) is 0 Å². The van der Waals surface area contributed by atoms with E-state index in [1.165, 1.54) is 17.3 Å². The van der Waals surface area contributed by atoms with Gasteiger partial charge in [-0.1, -0.05) is 60.3 Å². The molecule has 166 valence electrons. The highest BCUT2D eigenvalue weighted by Crippen LogP contribution is 2.39. The number of carbonyl (C=O) groups is 1.